The van der Waals surface area contributed by atoms with Crippen LogP contribution in [-0.2, 0) is 6.54 Å². The van der Waals surface area contributed by atoms with E-state index in [9.17, 15) is 4.39 Å². The molecule has 0 spiro atoms. The molecule has 1 heterocycles. The number of anilines is 1. The molecule has 0 amide bonds. The van der Waals surface area contributed by atoms with Crippen LogP contribution >= 0.6 is 11.8 Å². The largest absolute Gasteiger partial charge is 0.366 e. The first-order valence-electron chi connectivity index (χ1n) is 5.51. The molecule has 0 aliphatic carbocycles. The molecular weight excluding hydrogens is 263 g/mol. The van der Waals surface area contributed by atoms with E-state index in [0.29, 0.717) is 23.5 Å². The summed E-state index contributed by atoms with van der Waals surface area (Å²) in [7, 11) is 0. The van der Waals surface area contributed by atoms with Crippen LogP contribution in [0.4, 0.5) is 10.2 Å². The average molecular weight is 274 g/mol. The van der Waals surface area contributed by atoms with Gasteiger partial charge < -0.3 is 5.32 Å². The Morgan fingerprint density at radius 3 is 2.89 bits per heavy atom. The van der Waals surface area contributed by atoms with Crippen molar-refractivity contribution in [1.82, 2.24) is 9.97 Å². The molecule has 0 saturated carbocycles. The predicted molar refractivity (Wildman–Crippen MR) is 72.3 cm³/mol. The van der Waals surface area contributed by atoms with Crippen LogP contribution in [-0.4, -0.2) is 16.2 Å². The summed E-state index contributed by atoms with van der Waals surface area (Å²) in [6.45, 7) is 0.308. The van der Waals surface area contributed by atoms with E-state index in [-0.39, 0.29) is 0 Å². The maximum absolute atomic E-state index is 13.7. The quantitative estimate of drug-likeness (QED) is 0.686. The zero-order chi connectivity index (χ0) is 13.7. The van der Waals surface area contributed by atoms with E-state index in [1.165, 1.54) is 24.2 Å². The molecule has 0 fully saturated rings. The van der Waals surface area contributed by atoms with Crippen molar-refractivity contribution in [3.63, 3.8) is 0 Å². The molecule has 0 aliphatic rings. The second kappa shape index (κ2) is 6.16. The normalized spacial score (nSPS) is 9.95. The van der Waals surface area contributed by atoms with Crippen LogP contribution in [0.15, 0.2) is 35.6 Å². The molecule has 2 aromatic rings. The lowest BCUT2D eigenvalue weighted by molar-refractivity contribution is 0.612. The Morgan fingerprint density at radius 2 is 2.21 bits per heavy atom. The van der Waals surface area contributed by atoms with Crippen LogP contribution in [0.3, 0.4) is 0 Å². The molecule has 0 bridgehead atoms. The molecule has 0 unspecified atom stereocenters. The second-order valence-corrected chi connectivity index (χ2v) is 4.54. The highest BCUT2D eigenvalue weighted by Crippen LogP contribution is 2.15. The second-order valence-electron chi connectivity index (χ2n) is 3.72. The zero-order valence-electron chi connectivity index (χ0n) is 10.2. The van der Waals surface area contributed by atoms with Crippen LogP contribution in [0.2, 0.25) is 0 Å². The third kappa shape index (κ3) is 3.42. The van der Waals surface area contributed by atoms with Gasteiger partial charge in [-0.05, 0) is 18.4 Å². The lowest BCUT2D eigenvalue weighted by Gasteiger charge is -2.07. The number of nitrogens with zero attached hydrogens (tertiary/aromatic N) is 3. The fourth-order valence-corrected chi connectivity index (χ4v) is 1.88. The highest BCUT2D eigenvalue weighted by molar-refractivity contribution is 7.98. The summed E-state index contributed by atoms with van der Waals surface area (Å²) >= 11 is 1.51. The summed E-state index contributed by atoms with van der Waals surface area (Å²) in [4.78, 5) is 8.11. The van der Waals surface area contributed by atoms with Gasteiger partial charge in [0.25, 0.3) is 0 Å². The fourth-order valence-electron chi connectivity index (χ4n) is 1.49. The Kier molecular flexibility index (Phi) is 4.31. The van der Waals surface area contributed by atoms with E-state index in [0.717, 1.165) is 5.03 Å². The minimum atomic E-state index is -0.398. The predicted octanol–water partition coefficient (Wildman–Crippen LogP) is 2.82. The van der Waals surface area contributed by atoms with Crippen LogP contribution in [0, 0.1) is 17.1 Å². The molecule has 1 aromatic carbocycles. The molecule has 96 valence electrons. The van der Waals surface area contributed by atoms with Gasteiger partial charge in [0.15, 0.2) is 0 Å². The van der Waals surface area contributed by atoms with Gasteiger partial charge in [-0.1, -0.05) is 6.07 Å². The number of aromatic nitrogens is 2. The number of thioether (sulfide) groups is 1. The van der Waals surface area contributed by atoms with Crippen LogP contribution < -0.4 is 5.32 Å². The summed E-state index contributed by atoms with van der Waals surface area (Å²) in [5.74, 6) is 0.244. The standard InChI is InChI=1S/C13H11FN4S/c1-19-13-5-12(17-8-18-13)16-7-10-3-2-9(6-15)4-11(10)14/h2-5,8H,7H2,1H3,(H,16,17,18). The van der Waals surface area contributed by atoms with Gasteiger partial charge in [-0.15, -0.1) is 11.8 Å². The molecule has 4 nitrogen and oxygen atoms in total. The molecule has 19 heavy (non-hydrogen) atoms. The number of halogens is 1. The molecule has 0 atom stereocenters. The number of nitrogens with one attached hydrogen (secondary N) is 1. The van der Waals surface area contributed by atoms with Crippen LogP contribution in [0.5, 0.6) is 0 Å². The Bertz CT molecular complexity index is 624. The van der Waals surface area contributed by atoms with Gasteiger partial charge in [-0.25, -0.2) is 14.4 Å². The van der Waals surface area contributed by atoms with Gasteiger partial charge in [0.2, 0.25) is 0 Å². The van der Waals surface area contributed by atoms with Crippen LogP contribution in [0.25, 0.3) is 0 Å². The molecule has 2 rings (SSSR count). The maximum atomic E-state index is 13.7. The summed E-state index contributed by atoms with van der Waals surface area (Å²) < 4.78 is 13.7. The van der Waals surface area contributed by atoms with E-state index in [1.807, 2.05) is 12.3 Å². The summed E-state index contributed by atoms with van der Waals surface area (Å²) in [5, 5.41) is 12.5. The molecule has 0 saturated heterocycles. The maximum Gasteiger partial charge on any atom is 0.130 e. The minimum absolute atomic E-state index is 0.308. The number of hydrogen-bond acceptors (Lipinski definition) is 5. The number of hydrogen-bond donors (Lipinski definition) is 1. The van der Waals surface area contributed by atoms with Crippen molar-refractivity contribution in [3.05, 3.63) is 47.5 Å². The first kappa shape index (κ1) is 13.3. The van der Waals surface area contributed by atoms with E-state index >= 15 is 0 Å². The number of nitriles is 1. The van der Waals surface area contributed by atoms with E-state index in [2.05, 4.69) is 15.3 Å². The Hall–Kier alpha value is -2.13. The van der Waals surface area contributed by atoms with E-state index in [4.69, 9.17) is 5.26 Å². The van der Waals surface area contributed by atoms with Crippen molar-refractivity contribution in [1.29, 1.82) is 5.26 Å². The Morgan fingerprint density at radius 1 is 1.37 bits per heavy atom. The van der Waals surface area contributed by atoms with Crippen molar-refractivity contribution in [3.8, 4) is 6.07 Å². The Labute approximate surface area is 114 Å². The summed E-state index contributed by atoms with van der Waals surface area (Å²) in [6, 6.07) is 8.11. The molecule has 0 radical (unpaired) electrons. The van der Waals surface area contributed by atoms with Crippen molar-refractivity contribution < 1.29 is 4.39 Å². The SMILES string of the molecule is CSc1cc(NCc2ccc(C#N)cc2F)ncn1. The molecular formula is C13H11FN4S. The smallest absolute Gasteiger partial charge is 0.130 e. The number of rotatable bonds is 4. The van der Waals surface area contributed by atoms with E-state index < -0.39 is 5.82 Å². The summed E-state index contributed by atoms with van der Waals surface area (Å²) in [5.41, 5.74) is 0.802. The zero-order valence-corrected chi connectivity index (χ0v) is 11.0. The van der Waals surface area contributed by atoms with Gasteiger partial charge in [-0.3, -0.25) is 0 Å². The fraction of sp³-hybridized carbons (Fsp3) is 0.154. The van der Waals surface area contributed by atoms with Crippen LogP contribution in [0.1, 0.15) is 11.1 Å². The molecule has 1 aromatic heterocycles. The molecule has 6 heteroatoms. The van der Waals surface area contributed by atoms with Crippen molar-refractivity contribution in [2.24, 2.45) is 0 Å². The lowest BCUT2D eigenvalue weighted by Crippen LogP contribution is -2.04. The van der Waals surface area contributed by atoms with Crippen molar-refractivity contribution >= 4 is 17.6 Å². The lowest BCUT2D eigenvalue weighted by atomic mass is 10.1. The third-order valence-electron chi connectivity index (χ3n) is 2.49. The van der Waals surface area contributed by atoms with Crippen molar-refractivity contribution in [2.75, 3.05) is 11.6 Å². The van der Waals surface area contributed by atoms with Gasteiger partial charge >= 0.3 is 0 Å². The van der Waals surface area contributed by atoms with Crippen molar-refractivity contribution in [2.45, 2.75) is 11.6 Å². The van der Waals surface area contributed by atoms with Gasteiger partial charge in [0.1, 0.15) is 23.0 Å². The Balaban J connectivity index is 2.08. The molecule has 0 aliphatic heterocycles. The topological polar surface area (TPSA) is 61.6 Å². The van der Waals surface area contributed by atoms with E-state index in [1.54, 1.807) is 18.2 Å². The minimum Gasteiger partial charge on any atom is -0.366 e. The highest BCUT2D eigenvalue weighted by atomic mass is 32.2. The van der Waals surface area contributed by atoms with Gasteiger partial charge in [0, 0.05) is 18.2 Å². The highest BCUT2D eigenvalue weighted by Gasteiger charge is 2.04. The third-order valence-corrected chi connectivity index (χ3v) is 3.13. The van der Waals surface area contributed by atoms with Gasteiger partial charge in [0.05, 0.1) is 11.6 Å². The first-order valence-corrected chi connectivity index (χ1v) is 6.74. The summed E-state index contributed by atoms with van der Waals surface area (Å²) in [6.07, 6.45) is 3.38. The first-order chi connectivity index (χ1) is 9.22. The van der Waals surface area contributed by atoms with Gasteiger partial charge in [-0.2, -0.15) is 5.26 Å². The monoisotopic (exact) mass is 274 g/mol. The molecule has 1 N–H and O–H groups in total. The number of benzene rings is 1. The average Bonchev–Trinajstić information content (AvgIpc) is 2.46.